The SMILES string of the molecule is Cc1ccc(C#N)cc1NCc1cn(C)nc1C(C)(C)C. The second kappa shape index (κ2) is 5.61. The van der Waals surface area contributed by atoms with Crippen LogP contribution in [0.4, 0.5) is 5.69 Å². The average Bonchev–Trinajstić information content (AvgIpc) is 2.79. The maximum absolute atomic E-state index is 9.00. The Morgan fingerprint density at radius 2 is 2.05 bits per heavy atom. The molecule has 0 unspecified atom stereocenters. The predicted octanol–water partition coefficient (Wildman–Crippen LogP) is 3.51. The summed E-state index contributed by atoms with van der Waals surface area (Å²) in [6.07, 6.45) is 2.05. The van der Waals surface area contributed by atoms with Crippen molar-refractivity contribution in [2.45, 2.75) is 39.7 Å². The van der Waals surface area contributed by atoms with E-state index in [-0.39, 0.29) is 5.41 Å². The van der Waals surface area contributed by atoms with Gasteiger partial charge in [-0.05, 0) is 24.6 Å². The van der Waals surface area contributed by atoms with Crippen molar-refractivity contribution >= 4 is 5.69 Å². The fraction of sp³-hybridized carbons (Fsp3) is 0.412. The van der Waals surface area contributed by atoms with E-state index in [1.54, 1.807) is 0 Å². The standard InChI is InChI=1S/C17H22N4/c1-12-6-7-13(9-18)8-15(12)19-10-14-11-21(5)20-16(14)17(2,3)4/h6-8,11,19H,10H2,1-5H3. The van der Waals surface area contributed by atoms with Crippen molar-refractivity contribution in [3.8, 4) is 6.07 Å². The van der Waals surface area contributed by atoms with Crippen LogP contribution in [0, 0.1) is 18.3 Å². The van der Waals surface area contributed by atoms with Gasteiger partial charge in [-0.15, -0.1) is 0 Å². The van der Waals surface area contributed by atoms with E-state index >= 15 is 0 Å². The molecule has 0 radical (unpaired) electrons. The van der Waals surface area contributed by atoms with Gasteiger partial charge >= 0.3 is 0 Å². The predicted molar refractivity (Wildman–Crippen MR) is 85.1 cm³/mol. The number of rotatable bonds is 3. The van der Waals surface area contributed by atoms with Gasteiger partial charge in [0.25, 0.3) is 0 Å². The molecule has 0 aliphatic heterocycles. The lowest BCUT2D eigenvalue weighted by atomic mass is 9.89. The highest BCUT2D eigenvalue weighted by atomic mass is 15.3. The molecule has 0 aliphatic carbocycles. The molecule has 0 amide bonds. The summed E-state index contributed by atoms with van der Waals surface area (Å²) >= 11 is 0. The second-order valence-corrected chi connectivity index (χ2v) is 6.42. The van der Waals surface area contributed by atoms with E-state index in [0.717, 1.165) is 16.9 Å². The summed E-state index contributed by atoms with van der Waals surface area (Å²) in [7, 11) is 1.94. The fourth-order valence-corrected chi connectivity index (χ4v) is 2.37. The minimum Gasteiger partial charge on any atom is -0.381 e. The smallest absolute Gasteiger partial charge is 0.0992 e. The van der Waals surface area contributed by atoms with Crippen LogP contribution < -0.4 is 5.32 Å². The molecule has 4 heteroatoms. The van der Waals surface area contributed by atoms with E-state index in [9.17, 15) is 0 Å². The number of benzene rings is 1. The molecule has 0 saturated carbocycles. The van der Waals surface area contributed by atoms with Gasteiger partial charge in [-0.25, -0.2) is 0 Å². The van der Waals surface area contributed by atoms with Crippen molar-refractivity contribution in [2.24, 2.45) is 7.05 Å². The lowest BCUT2D eigenvalue weighted by Crippen LogP contribution is -2.16. The average molecular weight is 282 g/mol. The second-order valence-electron chi connectivity index (χ2n) is 6.42. The fourth-order valence-electron chi connectivity index (χ4n) is 2.37. The highest BCUT2D eigenvalue weighted by molar-refractivity contribution is 5.55. The van der Waals surface area contributed by atoms with E-state index in [2.05, 4.69) is 43.5 Å². The molecule has 0 saturated heterocycles. The summed E-state index contributed by atoms with van der Waals surface area (Å²) in [6, 6.07) is 7.87. The quantitative estimate of drug-likeness (QED) is 0.937. The lowest BCUT2D eigenvalue weighted by Gasteiger charge is -2.18. The van der Waals surface area contributed by atoms with Crippen LogP contribution in [0.3, 0.4) is 0 Å². The van der Waals surface area contributed by atoms with Gasteiger partial charge < -0.3 is 5.32 Å². The highest BCUT2D eigenvalue weighted by Crippen LogP contribution is 2.25. The number of nitrogens with one attached hydrogen (secondary N) is 1. The Bertz CT molecular complexity index is 684. The van der Waals surface area contributed by atoms with Gasteiger partial charge in [0.15, 0.2) is 0 Å². The lowest BCUT2D eigenvalue weighted by molar-refractivity contribution is 0.549. The molecule has 0 spiro atoms. The van der Waals surface area contributed by atoms with E-state index in [4.69, 9.17) is 5.26 Å². The molecule has 4 nitrogen and oxygen atoms in total. The Hall–Kier alpha value is -2.28. The zero-order valence-electron chi connectivity index (χ0n) is 13.4. The molecule has 0 aliphatic rings. The minimum absolute atomic E-state index is 0.0157. The first-order valence-corrected chi connectivity index (χ1v) is 7.09. The summed E-state index contributed by atoms with van der Waals surface area (Å²) < 4.78 is 1.86. The summed E-state index contributed by atoms with van der Waals surface area (Å²) in [4.78, 5) is 0. The van der Waals surface area contributed by atoms with Gasteiger partial charge in [0.05, 0.1) is 17.3 Å². The van der Waals surface area contributed by atoms with E-state index in [1.165, 1.54) is 5.56 Å². The Morgan fingerprint density at radius 3 is 2.67 bits per heavy atom. The van der Waals surface area contributed by atoms with E-state index in [0.29, 0.717) is 12.1 Å². The summed E-state index contributed by atoms with van der Waals surface area (Å²) in [5, 5.41) is 17.0. The molecule has 110 valence electrons. The zero-order chi connectivity index (χ0) is 15.6. The third-order valence-electron chi connectivity index (χ3n) is 3.45. The molecule has 1 aromatic carbocycles. The van der Waals surface area contributed by atoms with Crippen LogP contribution in [-0.2, 0) is 19.0 Å². The number of nitrogens with zero attached hydrogens (tertiary/aromatic N) is 3. The molecule has 0 fully saturated rings. The number of hydrogen-bond donors (Lipinski definition) is 1. The summed E-state index contributed by atoms with van der Waals surface area (Å²) in [5.41, 5.74) is 5.11. The van der Waals surface area contributed by atoms with Crippen molar-refractivity contribution in [3.05, 3.63) is 46.8 Å². The van der Waals surface area contributed by atoms with Gasteiger partial charge in [0, 0.05) is 36.5 Å². The van der Waals surface area contributed by atoms with Crippen LogP contribution in [-0.4, -0.2) is 9.78 Å². The molecule has 2 rings (SSSR count). The monoisotopic (exact) mass is 282 g/mol. The third-order valence-corrected chi connectivity index (χ3v) is 3.45. The van der Waals surface area contributed by atoms with Crippen LogP contribution in [0.15, 0.2) is 24.4 Å². The normalized spacial score (nSPS) is 11.2. The third kappa shape index (κ3) is 3.43. The molecule has 0 atom stereocenters. The molecule has 1 N–H and O–H groups in total. The molecular weight excluding hydrogens is 260 g/mol. The summed E-state index contributed by atoms with van der Waals surface area (Å²) in [6.45, 7) is 9.24. The highest BCUT2D eigenvalue weighted by Gasteiger charge is 2.21. The van der Waals surface area contributed by atoms with Crippen LogP contribution in [0.2, 0.25) is 0 Å². The number of hydrogen-bond acceptors (Lipinski definition) is 3. The van der Waals surface area contributed by atoms with Gasteiger partial charge in [0.2, 0.25) is 0 Å². The molecule has 1 aromatic heterocycles. The first kappa shape index (κ1) is 15.1. The number of anilines is 1. The van der Waals surface area contributed by atoms with Crippen LogP contribution in [0.1, 0.15) is 43.2 Å². The zero-order valence-corrected chi connectivity index (χ0v) is 13.4. The van der Waals surface area contributed by atoms with Gasteiger partial charge in [-0.2, -0.15) is 10.4 Å². The van der Waals surface area contributed by atoms with Crippen LogP contribution in [0.25, 0.3) is 0 Å². The van der Waals surface area contributed by atoms with E-state index in [1.807, 2.05) is 36.9 Å². The van der Waals surface area contributed by atoms with E-state index < -0.39 is 0 Å². The van der Waals surface area contributed by atoms with Gasteiger partial charge in [0.1, 0.15) is 0 Å². The Labute approximate surface area is 126 Å². The first-order valence-electron chi connectivity index (χ1n) is 7.09. The van der Waals surface area contributed by atoms with Crippen molar-refractivity contribution in [3.63, 3.8) is 0 Å². The number of aromatic nitrogens is 2. The topological polar surface area (TPSA) is 53.6 Å². The van der Waals surface area contributed by atoms with Crippen LogP contribution in [0.5, 0.6) is 0 Å². The van der Waals surface area contributed by atoms with Crippen molar-refractivity contribution in [1.29, 1.82) is 5.26 Å². The van der Waals surface area contributed by atoms with Gasteiger partial charge in [-0.3, -0.25) is 4.68 Å². The molecule has 0 bridgehead atoms. The van der Waals surface area contributed by atoms with Crippen molar-refractivity contribution in [2.75, 3.05) is 5.32 Å². The van der Waals surface area contributed by atoms with Crippen molar-refractivity contribution < 1.29 is 0 Å². The molecule has 2 aromatic rings. The molecule has 21 heavy (non-hydrogen) atoms. The minimum atomic E-state index is 0.0157. The van der Waals surface area contributed by atoms with Crippen molar-refractivity contribution in [1.82, 2.24) is 9.78 Å². The Kier molecular flexibility index (Phi) is 4.04. The first-order chi connectivity index (χ1) is 9.81. The number of aryl methyl sites for hydroxylation is 2. The molecule has 1 heterocycles. The van der Waals surface area contributed by atoms with Gasteiger partial charge in [-0.1, -0.05) is 26.8 Å². The number of nitriles is 1. The Balaban J connectivity index is 2.23. The van der Waals surface area contributed by atoms with Crippen LogP contribution >= 0.6 is 0 Å². The maximum Gasteiger partial charge on any atom is 0.0992 e. The maximum atomic E-state index is 9.00. The Morgan fingerprint density at radius 1 is 1.33 bits per heavy atom. The molecular formula is C17H22N4. The summed E-state index contributed by atoms with van der Waals surface area (Å²) in [5.74, 6) is 0. The largest absolute Gasteiger partial charge is 0.381 e.